The molecule has 1 saturated carbocycles. The summed E-state index contributed by atoms with van der Waals surface area (Å²) in [7, 11) is 2.08. The molecule has 3 unspecified atom stereocenters. The maximum Gasteiger partial charge on any atom is 0.0447 e. The lowest BCUT2D eigenvalue weighted by Gasteiger charge is -2.31. The Morgan fingerprint density at radius 1 is 1.39 bits per heavy atom. The summed E-state index contributed by atoms with van der Waals surface area (Å²) in [6.45, 7) is 4.67. The largest absolute Gasteiger partial charge is 0.312 e. The lowest BCUT2D eigenvalue weighted by molar-refractivity contribution is 0.194. The molecule has 0 radical (unpaired) electrons. The van der Waals surface area contributed by atoms with E-state index in [1.54, 1.807) is 0 Å². The topological polar surface area (TPSA) is 15.3 Å². The number of benzene rings is 1. The number of likely N-dealkylation sites (tertiary alicyclic amines) is 1. The van der Waals surface area contributed by atoms with Gasteiger partial charge in [0.25, 0.3) is 0 Å². The Morgan fingerprint density at radius 3 is 2.89 bits per heavy atom. The van der Waals surface area contributed by atoms with E-state index in [1.807, 2.05) is 0 Å². The van der Waals surface area contributed by atoms with E-state index in [9.17, 15) is 0 Å². The first-order valence-electron chi connectivity index (χ1n) is 7.24. The summed E-state index contributed by atoms with van der Waals surface area (Å²) >= 11 is 0. The highest BCUT2D eigenvalue weighted by molar-refractivity contribution is 5.25. The van der Waals surface area contributed by atoms with Crippen LogP contribution in [-0.2, 0) is 0 Å². The maximum absolute atomic E-state index is 3.49. The zero-order valence-corrected chi connectivity index (χ0v) is 11.5. The predicted octanol–water partition coefficient (Wildman–Crippen LogP) is 2.74. The van der Waals surface area contributed by atoms with Gasteiger partial charge < -0.3 is 5.32 Å². The van der Waals surface area contributed by atoms with Crippen molar-refractivity contribution in [3.63, 3.8) is 0 Å². The second-order valence-corrected chi connectivity index (χ2v) is 6.04. The van der Waals surface area contributed by atoms with Gasteiger partial charge in [0.2, 0.25) is 0 Å². The van der Waals surface area contributed by atoms with Crippen LogP contribution in [0.3, 0.4) is 0 Å². The Kier molecular flexibility index (Phi) is 3.40. The van der Waals surface area contributed by atoms with Crippen molar-refractivity contribution in [1.82, 2.24) is 10.2 Å². The van der Waals surface area contributed by atoms with Gasteiger partial charge in [-0.1, -0.05) is 29.8 Å². The maximum atomic E-state index is 3.49. The Labute approximate surface area is 110 Å². The van der Waals surface area contributed by atoms with E-state index < -0.39 is 0 Å². The third kappa shape index (κ3) is 2.32. The minimum atomic E-state index is 0.476. The molecular weight excluding hydrogens is 220 g/mol. The zero-order chi connectivity index (χ0) is 12.5. The second-order valence-electron chi connectivity index (χ2n) is 6.04. The van der Waals surface area contributed by atoms with Crippen LogP contribution in [-0.4, -0.2) is 31.1 Å². The normalized spacial score (nSPS) is 28.8. The highest BCUT2D eigenvalue weighted by atomic mass is 15.2. The number of nitrogens with one attached hydrogen (secondary N) is 1. The third-order valence-electron chi connectivity index (χ3n) is 4.73. The molecule has 2 nitrogen and oxygen atoms in total. The Hall–Kier alpha value is -0.860. The molecule has 2 heteroatoms. The summed E-state index contributed by atoms with van der Waals surface area (Å²) in [6, 6.07) is 10.3. The van der Waals surface area contributed by atoms with Crippen LogP contribution in [0, 0.1) is 12.8 Å². The highest BCUT2D eigenvalue weighted by Crippen LogP contribution is 2.38. The van der Waals surface area contributed by atoms with Gasteiger partial charge in [0.15, 0.2) is 0 Å². The fourth-order valence-electron chi connectivity index (χ4n) is 3.74. The first-order chi connectivity index (χ1) is 8.76. The number of nitrogens with zero attached hydrogens (tertiary/aromatic N) is 1. The van der Waals surface area contributed by atoms with E-state index in [0.717, 1.165) is 12.0 Å². The fraction of sp³-hybridized carbons (Fsp3) is 0.625. The number of hydrogen-bond donors (Lipinski definition) is 1. The third-order valence-corrected chi connectivity index (χ3v) is 4.73. The number of fused-ring (bicyclic) bond motifs is 2. The molecule has 0 spiro atoms. The zero-order valence-electron chi connectivity index (χ0n) is 11.5. The van der Waals surface area contributed by atoms with Crippen molar-refractivity contribution in [3.8, 4) is 0 Å². The lowest BCUT2D eigenvalue weighted by atomic mass is 10.0. The van der Waals surface area contributed by atoms with Crippen LogP contribution in [0.4, 0.5) is 0 Å². The van der Waals surface area contributed by atoms with Crippen LogP contribution >= 0.6 is 0 Å². The predicted molar refractivity (Wildman–Crippen MR) is 75.7 cm³/mol. The smallest absolute Gasteiger partial charge is 0.0447 e. The van der Waals surface area contributed by atoms with Crippen molar-refractivity contribution in [3.05, 3.63) is 35.4 Å². The van der Waals surface area contributed by atoms with Crippen molar-refractivity contribution < 1.29 is 0 Å². The number of piperidine rings is 1. The summed E-state index contributed by atoms with van der Waals surface area (Å²) in [5.41, 5.74) is 2.79. The highest BCUT2D eigenvalue weighted by Gasteiger charge is 2.38. The van der Waals surface area contributed by atoms with Crippen LogP contribution in [0.1, 0.15) is 36.4 Å². The monoisotopic (exact) mass is 244 g/mol. The lowest BCUT2D eigenvalue weighted by Crippen LogP contribution is -2.38. The van der Waals surface area contributed by atoms with Crippen molar-refractivity contribution in [2.75, 3.05) is 20.1 Å². The molecule has 1 N–H and O–H groups in total. The van der Waals surface area contributed by atoms with Gasteiger partial charge in [-0.05, 0) is 44.7 Å². The molecule has 18 heavy (non-hydrogen) atoms. The molecule has 1 aromatic rings. The van der Waals surface area contributed by atoms with Gasteiger partial charge in [-0.2, -0.15) is 0 Å². The summed E-state index contributed by atoms with van der Waals surface area (Å²) in [5.74, 6) is 0.991. The Balaban J connectivity index is 1.69. The van der Waals surface area contributed by atoms with Crippen LogP contribution in [0.15, 0.2) is 24.3 Å². The van der Waals surface area contributed by atoms with Gasteiger partial charge in [0.05, 0.1) is 0 Å². The number of hydrogen-bond acceptors (Lipinski definition) is 2. The first kappa shape index (κ1) is 12.2. The number of rotatable bonds is 4. The molecule has 0 aromatic heterocycles. The van der Waals surface area contributed by atoms with E-state index in [1.165, 1.54) is 43.5 Å². The molecule has 1 saturated heterocycles. The minimum Gasteiger partial charge on any atom is -0.312 e. The van der Waals surface area contributed by atoms with Crippen LogP contribution < -0.4 is 5.32 Å². The molecule has 3 atom stereocenters. The van der Waals surface area contributed by atoms with Gasteiger partial charge in [-0.3, -0.25) is 4.90 Å². The van der Waals surface area contributed by atoms with E-state index in [-0.39, 0.29) is 0 Å². The molecule has 1 heterocycles. The van der Waals surface area contributed by atoms with Gasteiger partial charge >= 0.3 is 0 Å². The molecular formula is C16H24N2. The average Bonchev–Trinajstić information content (AvgIpc) is 2.98. The van der Waals surface area contributed by atoms with Crippen LogP contribution in [0.5, 0.6) is 0 Å². The van der Waals surface area contributed by atoms with E-state index in [4.69, 9.17) is 0 Å². The van der Waals surface area contributed by atoms with Gasteiger partial charge in [-0.25, -0.2) is 0 Å². The van der Waals surface area contributed by atoms with Gasteiger partial charge in [0, 0.05) is 25.2 Å². The van der Waals surface area contributed by atoms with E-state index >= 15 is 0 Å². The standard InChI is InChI=1S/C16H24N2/c1-12-4-3-5-14(8-12)16(17-2)11-18-10-13-6-7-15(18)9-13/h3-5,8,13,15-17H,6-7,9-11H2,1-2H3. The Bertz CT molecular complexity index is 415. The quantitative estimate of drug-likeness (QED) is 0.876. The molecule has 98 valence electrons. The molecule has 2 bridgehead atoms. The van der Waals surface area contributed by atoms with Crippen molar-refractivity contribution >= 4 is 0 Å². The van der Waals surface area contributed by atoms with Gasteiger partial charge in [0.1, 0.15) is 0 Å². The molecule has 1 aliphatic carbocycles. The van der Waals surface area contributed by atoms with Crippen molar-refractivity contribution in [1.29, 1.82) is 0 Å². The molecule has 1 aromatic carbocycles. The van der Waals surface area contributed by atoms with E-state index in [0.29, 0.717) is 6.04 Å². The molecule has 1 aliphatic heterocycles. The van der Waals surface area contributed by atoms with Crippen molar-refractivity contribution in [2.45, 2.75) is 38.3 Å². The number of aryl methyl sites for hydroxylation is 1. The van der Waals surface area contributed by atoms with Crippen molar-refractivity contribution in [2.24, 2.45) is 5.92 Å². The molecule has 2 aliphatic rings. The summed E-state index contributed by atoms with van der Waals surface area (Å²) in [5, 5.41) is 3.49. The SMILES string of the molecule is CNC(CN1CC2CCC1C2)c1cccc(C)c1. The molecule has 0 amide bonds. The van der Waals surface area contributed by atoms with Gasteiger partial charge in [-0.15, -0.1) is 0 Å². The molecule has 2 fully saturated rings. The number of likely N-dealkylation sites (N-methyl/N-ethyl adjacent to an activating group) is 1. The summed E-state index contributed by atoms with van der Waals surface area (Å²) in [6.07, 6.45) is 4.34. The minimum absolute atomic E-state index is 0.476. The Morgan fingerprint density at radius 2 is 2.28 bits per heavy atom. The van der Waals surface area contributed by atoms with Crippen LogP contribution in [0.2, 0.25) is 0 Å². The first-order valence-corrected chi connectivity index (χ1v) is 7.24. The fourth-order valence-corrected chi connectivity index (χ4v) is 3.74. The van der Waals surface area contributed by atoms with Crippen LogP contribution in [0.25, 0.3) is 0 Å². The second kappa shape index (κ2) is 5.02. The molecule has 3 rings (SSSR count). The van der Waals surface area contributed by atoms with E-state index in [2.05, 4.69) is 48.5 Å². The summed E-state index contributed by atoms with van der Waals surface area (Å²) in [4.78, 5) is 2.71. The summed E-state index contributed by atoms with van der Waals surface area (Å²) < 4.78 is 0. The average molecular weight is 244 g/mol.